The maximum atomic E-state index is 11.2. The molecule has 1 saturated heterocycles. The first kappa shape index (κ1) is 11.7. The molecule has 0 radical (unpaired) electrons. The van der Waals surface area contributed by atoms with Gasteiger partial charge >= 0.3 is 0 Å². The van der Waals surface area contributed by atoms with Crippen LogP contribution in [0.15, 0.2) is 17.2 Å². The highest BCUT2D eigenvalue weighted by atomic mass is 16.1. The van der Waals surface area contributed by atoms with E-state index in [-0.39, 0.29) is 5.56 Å². The number of piperidine rings is 1. The van der Waals surface area contributed by atoms with Crippen LogP contribution >= 0.6 is 0 Å². The van der Waals surface area contributed by atoms with E-state index < -0.39 is 0 Å². The molecular weight excluding hydrogens is 228 g/mol. The van der Waals surface area contributed by atoms with Crippen molar-refractivity contribution in [1.29, 1.82) is 0 Å². The molecule has 3 rings (SSSR count). The quantitative estimate of drug-likeness (QED) is 0.825. The van der Waals surface area contributed by atoms with E-state index in [0.717, 1.165) is 37.7 Å². The average Bonchev–Trinajstić information content (AvgIpc) is 3.21. The molecule has 0 aromatic carbocycles. The Bertz CT molecular complexity index is 446. The van der Waals surface area contributed by atoms with Crippen LogP contribution in [0.25, 0.3) is 0 Å². The number of aromatic nitrogens is 2. The fourth-order valence-electron chi connectivity index (χ4n) is 2.50. The molecule has 1 saturated carbocycles. The smallest absolute Gasteiger partial charge is 0.252 e. The summed E-state index contributed by atoms with van der Waals surface area (Å²) < 4.78 is 0. The van der Waals surface area contributed by atoms with Gasteiger partial charge in [0.1, 0.15) is 5.82 Å². The van der Waals surface area contributed by atoms with E-state index in [0.29, 0.717) is 6.04 Å². The van der Waals surface area contributed by atoms with Crippen molar-refractivity contribution in [2.45, 2.75) is 31.7 Å². The molecule has 0 unspecified atom stereocenters. The zero-order valence-corrected chi connectivity index (χ0v) is 10.6. The van der Waals surface area contributed by atoms with Crippen molar-refractivity contribution < 1.29 is 0 Å². The van der Waals surface area contributed by atoms with Gasteiger partial charge in [-0.05, 0) is 38.1 Å². The molecule has 0 spiro atoms. The fourth-order valence-corrected chi connectivity index (χ4v) is 2.50. The summed E-state index contributed by atoms with van der Waals surface area (Å²) in [4.78, 5) is 20.2. The predicted molar refractivity (Wildman–Crippen MR) is 70.8 cm³/mol. The molecule has 1 aromatic rings. The second kappa shape index (κ2) is 5.10. The maximum absolute atomic E-state index is 11.2. The van der Waals surface area contributed by atoms with Crippen LogP contribution in [0.3, 0.4) is 0 Å². The average molecular weight is 248 g/mol. The van der Waals surface area contributed by atoms with E-state index in [1.54, 1.807) is 6.07 Å². The highest BCUT2D eigenvalue weighted by molar-refractivity contribution is 5.36. The minimum Gasteiger partial charge on any atom is -0.356 e. The summed E-state index contributed by atoms with van der Waals surface area (Å²) in [5.41, 5.74) is -0.0750. The number of anilines is 1. The molecule has 1 aromatic heterocycles. The van der Waals surface area contributed by atoms with E-state index in [4.69, 9.17) is 0 Å². The van der Waals surface area contributed by atoms with Gasteiger partial charge in [0.2, 0.25) is 0 Å². The molecule has 2 aliphatic rings. The third-order valence-corrected chi connectivity index (χ3v) is 3.87. The third kappa shape index (κ3) is 2.90. The number of H-pyrrole nitrogens is 1. The fraction of sp³-hybridized carbons (Fsp3) is 0.692. The summed E-state index contributed by atoms with van der Waals surface area (Å²) in [7, 11) is 0. The topological polar surface area (TPSA) is 61.0 Å². The lowest BCUT2D eigenvalue weighted by Crippen LogP contribution is -2.43. The summed E-state index contributed by atoms with van der Waals surface area (Å²) in [6, 6.07) is 2.22. The lowest BCUT2D eigenvalue weighted by molar-refractivity contribution is 0.407. The Morgan fingerprint density at radius 1 is 1.33 bits per heavy atom. The summed E-state index contributed by atoms with van der Waals surface area (Å²) in [6.45, 7) is 3.16. The highest BCUT2D eigenvalue weighted by Gasteiger charge is 2.24. The number of nitrogens with one attached hydrogen (secondary N) is 2. The molecule has 0 bridgehead atoms. The maximum Gasteiger partial charge on any atom is 0.252 e. The Hall–Kier alpha value is -1.36. The van der Waals surface area contributed by atoms with Crippen LogP contribution in [0.1, 0.15) is 25.7 Å². The molecule has 1 aliphatic carbocycles. The molecule has 0 atom stereocenters. The van der Waals surface area contributed by atoms with Gasteiger partial charge in [-0.1, -0.05) is 0 Å². The van der Waals surface area contributed by atoms with Gasteiger partial charge in [0, 0.05) is 25.2 Å². The van der Waals surface area contributed by atoms with Crippen LogP contribution in [0.4, 0.5) is 5.82 Å². The van der Waals surface area contributed by atoms with Crippen LogP contribution in [0, 0.1) is 5.92 Å². The van der Waals surface area contributed by atoms with Crippen LogP contribution in [-0.4, -0.2) is 35.6 Å². The van der Waals surface area contributed by atoms with Crippen molar-refractivity contribution in [2.75, 3.05) is 24.5 Å². The lowest BCUT2D eigenvalue weighted by Gasteiger charge is -2.33. The van der Waals surface area contributed by atoms with Crippen LogP contribution in [-0.2, 0) is 0 Å². The predicted octanol–water partition coefficient (Wildman–Crippen LogP) is 0.738. The van der Waals surface area contributed by atoms with Crippen molar-refractivity contribution in [3.8, 4) is 0 Å². The van der Waals surface area contributed by atoms with E-state index >= 15 is 0 Å². The molecule has 5 nitrogen and oxygen atoms in total. The third-order valence-electron chi connectivity index (χ3n) is 3.87. The molecule has 0 amide bonds. The molecule has 2 heterocycles. The molecule has 5 heteroatoms. The normalized spacial score (nSPS) is 21.2. The van der Waals surface area contributed by atoms with Gasteiger partial charge in [0.15, 0.2) is 0 Å². The second-order valence-corrected chi connectivity index (χ2v) is 5.38. The zero-order valence-electron chi connectivity index (χ0n) is 10.6. The molecular formula is C13H20N4O. The Morgan fingerprint density at radius 3 is 2.78 bits per heavy atom. The number of hydrogen-bond donors (Lipinski definition) is 2. The van der Waals surface area contributed by atoms with Crippen LogP contribution in [0.2, 0.25) is 0 Å². The lowest BCUT2D eigenvalue weighted by atomic mass is 10.0. The van der Waals surface area contributed by atoms with E-state index in [9.17, 15) is 4.79 Å². The Labute approximate surface area is 107 Å². The van der Waals surface area contributed by atoms with Crippen LogP contribution < -0.4 is 15.8 Å². The van der Waals surface area contributed by atoms with E-state index in [1.807, 2.05) is 0 Å². The van der Waals surface area contributed by atoms with Crippen molar-refractivity contribution in [1.82, 2.24) is 15.3 Å². The van der Waals surface area contributed by atoms with Crippen molar-refractivity contribution in [3.63, 3.8) is 0 Å². The van der Waals surface area contributed by atoms with Gasteiger partial charge in [-0.3, -0.25) is 4.79 Å². The Balaban J connectivity index is 1.51. The summed E-state index contributed by atoms with van der Waals surface area (Å²) in [6.07, 6.45) is 6.57. The van der Waals surface area contributed by atoms with Gasteiger partial charge < -0.3 is 15.2 Å². The number of aromatic amines is 1. The van der Waals surface area contributed by atoms with Crippen molar-refractivity contribution in [2.24, 2.45) is 5.92 Å². The van der Waals surface area contributed by atoms with Gasteiger partial charge in [0.25, 0.3) is 5.56 Å². The first-order valence-corrected chi connectivity index (χ1v) is 6.84. The van der Waals surface area contributed by atoms with E-state index in [1.165, 1.54) is 25.7 Å². The van der Waals surface area contributed by atoms with Crippen molar-refractivity contribution >= 4 is 5.82 Å². The van der Waals surface area contributed by atoms with Gasteiger partial charge in [0.05, 0.1) is 6.33 Å². The second-order valence-electron chi connectivity index (χ2n) is 5.38. The molecule has 2 fully saturated rings. The first-order chi connectivity index (χ1) is 8.81. The SMILES string of the molecule is O=c1cc(N2CCC(NCC3CC3)CC2)nc[nH]1. The zero-order chi connectivity index (χ0) is 12.4. The Kier molecular flexibility index (Phi) is 3.32. The monoisotopic (exact) mass is 248 g/mol. The highest BCUT2D eigenvalue weighted by Crippen LogP contribution is 2.28. The molecule has 2 N–H and O–H groups in total. The number of hydrogen-bond acceptors (Lipinski definition) is 4. The number of nitrogens with zero attached hydrogens (tertiary/aromatic N) is 2. The van der Waals surface area contributed by atoms with Gasteiger partial charge in [-0.25, -0.2) is 4.98 Å². The van der Waals surface area contributed by atoms with Gasteiger partial charge in [-0.2, -0.15) is 0 Å². The minimum atomic E-state index is -0.0750. The molecule has 18 heavy (non-hydrogen) atoms. The van der Waals surface area contributed by atoms with E-state index in [2.05, 4.69) is 20.2 Å². The summed E-state index contributed by atoms with van der Waals surface area (Å²) in [5, 5.41) is 3.65. The van der Waals surface area contributed by atoms with Gasteiger partial charge in [-0.15, -0.1) is 0 Å². The summed E-state index contributed by atoms with van der Waals surface area (Å²) >= 11 is 0. The van der Waals surface area contributed by atoms with Crippen LogP contribution in [0.5, 0.6) is 0 Å². The first-order valence-electron chi connectivity index (χ1n) is 6.84. The standard InChI is InChI=1S/C13H20N4O/c18-13-7-12(15-9-16-13)17-5-3-11(4-6-17)14-8-10-1-2-10/h7,9-11,14H,1-6,8H2,(H,15,16,18). The number of rotatable bonds is 4. The minimum absolute atomic E-state index is 0.0750. The Morgan fingerprint density at radius 2 is 2.11 bits per heavy atom. The summed E-state index contributed by atoms with van der Waals surface area (Å²) in [5.74, 6) is 1.75. The molecule has 98 valence electrons. The van der Waals surface area contributed by atoms with Crippen molar-refractivity contribution in [3.05, 3.63) is 22.7 Å². The largest absolute Gasteiger partial charge is 0.356 e. The molecule has 1 aliphatic heterocycles.